The Bertz CT molecular complexity index is 718. The van der Waals surface area contributed by atoms with E-state index in [1.807, 2.05) is 23.1 Å². The van der Waals surface area contributed by atoms with E-state index in [4.69, 9.17) is 11.6 Å². The topological polar surface area (TPSA) is 35.6 Å². The van der Waals surface area contributed by atoms with E-state index >= 15 is 0 Å². The predicted octanol–water partition coefficient (Wildman–Crippen LogP) is 3.63. The molecular formula is C19H21ClFN3O. The number of hydrogen-bond acceptors (Lipinski definition) is 3. The van der Waals surface area contributed by atoms with E-state index in [2.05, 4.69) is 22.3 Å². The smallest absolute Gasteiger partial charge is 0.224 e. The van der Waals surface area contributed by atoms with Crippen molar-refractivity contribution in [1.29, 1.82) is 0 Å². The highest BCUT2D eigenvalue weighted by Crippen LogP contribution is 2.19. The summed E-state index contributed by atoms with van der Waals surface area (Å²) in [5, 5.41) is 3.19. The van der Waals surface area contributed by atoms with E-state index in [0.717, 1.165) is 26.2 Å². The molecule has 4 nitrogen and oxygen atoms in total. The number of hydrogen-bond donors (Lipinski definition) is 1. The first-order valence-corrected chi connectivity index (χ1v) is 8.78. The average Bonchev–Trinajstić information content (AvgIpc) is 2.65. The number of nitrogens with one attached hydrogen (secondary N) is 1. The van der Waals surface area contributed by atoms with Gasteiger partial charge in [0.25, 0.3) is 0 Å². The summed E-state index contributed by atoms with van der Waals surface area (Å²) in [6.07, 6.45) is 0.403. The molecular weight excluding hydrogens is 341 g/mol. The maximum atomic E-state index is 13.1. The second-order valence-electron chi connectivity index (χ2n) is 6.01. The lowest BCUT2D eigenvalue weighted by Gasteiger charge is -2.36. The van der Waals surface area contributed by atoms with Gasteiger partial charge in [0.2, 0.25) is 5.91 Å². The van der Waals surface area contributed by atoms with E-state index < -0.39 is 5.82 Å². The molecule has 0 unspecified atom stereocenters. The molecule has 0 aliphatic carbocycles. The molecule has 6 heteroatoms. The summed E-state index contributed by atoms with van der Waals surface area (Å²) < 4.78 is 13.1. The summed E-state index contributed by atoms with van der Waals surface area (Å²) in [5.41, 5.74) is 1.91. The Morgan fingerprint density at radius 1 is 1.08 bits per heavy atom. The highest BCUT2D eigenvalue weighted by atomic mass is 35.5. The van der Waals surface area contributed by atoms with Crippen LogP contribution in [0.25, 0.3) is 0 Å². The molecule has 1 fully saturated rings. The molecule has 1 amide bonds. The van der Waals surface area contributed by atoms with Crippen molar-refractivity contribution in [2.24, 2.45) is 0 Å². The molecule has 0 aromatic heterocycles. The van der Waals surface area contributed by atoms with Gasteiger partial charge < -0.3 is 15.1 Å². The van der Waals surface area contributed by atoms with Gasteiger partial charge in [0.05, 0.1) is 5.02 Å². The molecule has 132 valence electrons. The molecule has 0 spiro atoms. The summed E-state index contributed by atoms with van der Waals surface area (Å²) in [5.74, 6) is -0.312. The molecule has 0 bridgehead atoms. The number of anilines is 2. The first kappa shape index (κ1) is 17.5. The number of carbonyl (C=O) groups is 1. The van der Waals surface area contributed by atoms with Crippen LogP contribution in [-0.4, -0.2) is 43.5 Å². The van der Waals surface area contributed by atoms with Crippen LogP contribution < -0.4 is 10.2 Å². The molecule has 0 saturated carbocycles. The van der Waals surface area contributed by atoms with Crippen LogP contribution in [0.1, 0.15) is 6.42 Å². The van der Waals surface area contributed by atoms with Crippen LogP contribution in [0, 0.1) is 5.82 Å². The van der Waals surface area contributed by atoms with Crippen LogP contribution in [0.4, 0.5) is 15.8 Å². The van der Waals surface area contributed by atoms with Crippen molar-refractivity contribution in [3.8, 4) is 0 Å². The lowest BCUT2D eigenvalue weighted by molar-refractivity contribution is -0.131. The van der Waals surface area contributed by atoms with E-state index in [0.29, 0.717) is 18.7 Å². The highest BCUT2D eigenvalue weighted by molar-refractivity contribution is 6.31. The SMILES string of the molecule is O=C(CCNc1ccc(F)c(Cl)c1)N1CCN(c2ccccc2)CC1. The van der Waals surface area contributed by atoms with Crippen LogP contribution in [0.2, 0.25) is 5.02 Å². The first-order chi connectivity index (χ1) is 12.1. The van der Waals surface area contributed by atoms with E-state index in [-0.39, 0.29) is 10.9 Å². The number of benzene rings is 2. The third-order valence-corrected chi connectivity index (χ3v) is 4.63. The third-order valence-electron chi connectivity index (χ3n) is 4.34. The Balaban J connectivity index is 1.43. The summed E-state index contributed by atoms with van der Waals surface area (Å²) >= 11 is 5.75. The van der Waals surface area contributed by atoms with Gasteiger partial charge in [-0.15, -0.1) is 0 Å². The van der Waals surface area contributed by atoms with Crippen molar-refractivity contribution in [3.05, 3.63) is 59.4 Å². The van der Waals surface area contributed by atoms with Gasteiger partial charge in [-0.05, 0) is 30.3 Å². The van der Waals surface area contributed by atoms with Crippen molar-refractivity contribution < 1.29 is 9.18 Å². The number of amides is 1. The number of carbonyl (C=O) groups excluding carboxylic acids is 1. The number of para-hydroxylation sites is 1. The van der Waals surface area contributed by atoms with Crippen molar-refractivity contribution >= 4 is 28.9 Å². The Labute approximate surface area is 152 Å². The third kappa shape index (κ3) is 4.63. The average molecular weight is 362 g/mol. The quantitative estimate of drug-likeness (QED) is 0.883. The summed E-state index contributed by atoms with van der Waals surface area (Å²) in [4.78, 5) is 16.5. The van der Waals surface area contributed by atoms with Gasteiger partial charge in [-0.25, -0.2) is 4.39 Å². The van der Waals surface area contributed by atoms with Crippen LogP contribution >= 0.6 is 11.6 Å². The minimum absolute atomic E-state index is 0.0772. The van der Waals surface area contributed by atoms with Gasteiger partial charge in [0.1, 0.15) is 5.82 Å². The second kappa shape index (κ2) is 8.21. The van der Waals surface area contributed by atoms with Crippen molar-refractivity contribution in [2.75, 3.05) is 42.9 Å². The number of nitrogens with zero attached hydrogens (tertiary/aromatic N) is 2. The fourth-order valence-electron chi connectivity index (χ4n) is 2.93. The second-order valence-corrected chi connectivity index (χ2v) is 6.42. The van der Waals surface area contributed by atoms with Gasteiger partial charge >= 0.3 is 0 Å². The van der Waals surface area contributed by atoms with Gasteiger partial charge in [-0.1, -0.05) is 29.8 Å². The predicted molar refractivity (Wildman–Crippen MR) is 99.8 cm³/mol. The molecule has 0 atom stereocenters. The van der Waals surface area contributed by atoms with Crippen molar-refractivity contribution in [2.45, 2.75) is 6.42 Å². The zero-order chi connectivity index (χ0) is 17.6. The molecule has 1 N–H and O–H groups in total. The standard InChI is InChI=1S/C19H21ClFN3O/c20-17-14-15(6-7-18(17)21)22-9-8-19(25)24-12-10-23(11-13-24)16-4-2-1-3-5-16/h1-7,14,22H,8-13H2. The van der Waals surface area contributed by atoms with Crippen LogP contribution in [-0.2, 0) is 4.79 Å². The summed E-state index contributed by atoms with van der Waals surface area (Å²) in [6.45, 7) is 3.65. The Hall–Kier alpha value is -2.27. The van der Waals surface area contributed by atoms with Gasteiger partial charge in [0.15, 0.2) is 0 Å². The number of piperazine rings is 1. The molecule has 1 aliphatic heterocycles. The minimum atomic E-state index is -0.445. The fraction of sp³-hybridized carbons (Fsp3) is 0.316. The molecule has 0 radical (unpaired) electrons. The van der Waals surface area contributed by atoms with Crippen molar-refractivity contribution in [1.82, 2.24) is 4.90 Å². The highest BCUT2D eigenvalue weighted by Gasteiger charge is 2.20. The summed E-state index contributed by atoms with van der Waals surface area (Å²) in [7, 11) is 0. The molecule has 1 aliphatic rings. The Morgan fingerprint density at radius 3 is 2.48 bits per heavy atom. The van der Waals surface area contributed by atoms with Crippen LogP contribution in [0.15, 0.2) is 48.5 Å². The number of halogens is 2. The first-order valence-electron chi connectivity index (χ1n) is 8.40. The maximum absolute atomic E-state index is 13.1. The lowest BCUT2D eigenvalue weighted by Crippen LogP contribution is -2.49. The van der Waals surface area contributed by atoms with E-state index in [1.54, 1.807) is 6.07 Å². The maximum Gasteiger partial charge on any atom is 0.224 e. The van der Waals surface area contributed by atoms with Gasteiger partial charge in [-0.2, -0.15) is 0 Å². The monoisotopic (exact) mass is 361 g/mol. The fourth-order valence-corrected chi connectivity index (χ4v) is 3.11. The largest absolute Gasteiger partial charge is 0.384 e. The molecule has 2 aromatic rings. The van der Waals surface area contributed by atoms with Gasteiger partial charge in [0, 0.05) is 50.5 Å². The zero-order valence-electron chi connectivity index (χ0n) is 13.9. The molecule has 3 rings (SSSR count). The van der Waals surface area contributed by atoms with Crippen LogP contribution in [0.3, 0.4) is 0 Å². The Kier molecular flexibility index (Phi) is 5.76. The lowest BCUT2D eigenvalue weighted by atomic mass is 10.2. The molecule has 1 saturated heterocycles. The van der Waals surface area contributed by atoms with Gasteiger partial charge in [-0.3, -0.25) is 4.79 Å². The van der Waals surface area contributed by atoms with E-state index in [9.17, 15) is 9.18 Å². The van der Waals surface area contributed by atoms with E-state index in [1.165, 1.54) is 17.8 Å². The zero-order valence-corrected chi connectivity index (χ0v) is 14.7. The molecule has 25 heavy (non-hydrogen) atoms. The normalized spacial score (nSPS) is 14.5. The van der Waals surface area contributed by atoms with Crippen LogP contribution in [0.5, 0.6) is 0 Å². The van der Waals surface area contributed by atoms with Crippen molar-refractivity contribution in [3.63, 3.8) is 0 Å². The summed E-state index contributed by atoms with van der Waals surface area (Å²) in [6, 6.07) is 14.7. The minimum Gasteiger partial charge on any atom is -0.384 e. The number of rotatable bonds is 5. The molecule has 1 heterocycles. The molecule has 2 aromatic carbocycles. The Morgan fingerprint density at radius 2 is 1.80 bits per heavy atom.